The molecule has 0 spiro atoms. The summed E-state index contributed by atoms with van der Waals surface area (Å²) in [5.74, 6) is 1.52. The Kier molecular flexibility index (Phi) is 2.01. The number of carbonyl (C=O) groups is 1. The summed E-state index contributed by atoms with van der Waals surface area (Å²) in [5, 5.41) is 0. The molecular formula is C13H15NO. The molecule has 1 amide bonds. The summed E-state index contributed by atoms with van der Waals surface area (Å²) in [6, 6.07) is 10.3. The lowest BCUT2D eigenvalue weighted by molar-refractivity contribution is -0.149. The van der Waals surface area contributed by atoms with Gasteiger partial charge in [0.25, 0.3) is 0 Å². The van der Waals surface area contributed by atoms with Crippen LogP contribution in [0.1, 0.15) is 18.4 Å². The van der Waals surface area contributed by atoms with E-state index in [9.17, 15) is 4.79 Å². The fraction of sp³-hybridized carbons (Fsp3) is 0.462. The van der Waals surface area contributed by atoms with Gasteiger partial charge in [-0.2, -0.15) is 0 Å². The Morgan fingerprint density at radius 1 is 1.20 bits per heavy atom. The Labute approximate surface area is 89.9 Å². The molecule has 3 fully saturated rings. The molecule has 0 N–H and O–H groups in total. The van der Waals surface area contributed by atoms with Gasteiger partial charge in [0.15, 0.2) is 0 Å². The van der Waals surface area contributed by atoms with Crippen LogP contribution in [-0.4, -0.2) is 17.4 Å². The second-order valence-corrected chi connectivity index (χ2v) is 4.74. The van der Waals surface area contributed by atoms with E-state index in [4.69, 9.17) is 0 Å². The Balaban J connectivity index is 1.71. The topological polar surface area (TPSA) is 20.3 Å². The van der Waals surface area contributed by atoms with Crippen molar-refractivity contribution in [1.29, 1.82) is 0 Å². The molecule has 2 heteroatoms. The maximum atomic E-state index is 11.9. The van der Waals surface area contributed by atoms with Crippen LogP contribution < -0.4 is 0 Å². The van der Waals surface area contributed by atoms with Gasteiger partial charge >= 0.3 is 0 Å². The Bertz CT molecular complexity index is 367. The van der Waals surface area contributed by atoms with Crippen molar-refractivity contribution >= 4 is 5.91 Å². The standard InChI is InChI=1S/C13H15NO/c15-13-12-6-11(7-12)9-14(13)8-10-4-2-1-3-5-10/h1-5,11-12H,6-9H2. The number of nitrogens with zero attached hydrogens (tertiary/aromatic N) is 1. The van der Waals surface area contributed by atoms with Crippen molar-refractivity contribution in [2.75, 3.05) is 6.54 Å². The van der Waals surface area contributed by atoms with E-state index in [0.29, 0.717) is 11.8 Å². The van der Waals surface area contributed by atoms with Crippen molar-refractivity contribution < 1.29 is 4.79 Å². The van der Waals surface area contributed by atoms with Crippen LogP contribution in [0.25, 0.3) is 0 Å². The summed E-state index contributed by atoms with van der Waals surface area (Å²) in [6.07, 6.45) is 2.29. The van der Waals surface area contributed by atoms with E-state index >= 15 is 0 Å². The van der Waals surface area contributed by atoms with Crippen molar-refractivity contribution in [2.45, 2.75) is 19.4 Å². The lowest BCUT2D eigenvalue weighted by atomic mass is 9.70. The second-order valence-electron chi connectivity index (χ2n) is 4.74. The molecule has 1 aliphatic carbocycles. The smallest absolute Gasteiger partial charge is 0.226 e. The Hall–Kier alpha value is -1.31. The van der Waals surface area contributed by atoms with Gasteiger partial charge in [0.1, 0.15) is 0 Å². The van der Waals surface area contributed by atoms with Gasteiger partial charge in [-0.15, -0.1) is 0 Å². The fourth-order valence-electron chi connectivity index (χ4n) is 2.69. The number of hydrogen-bond acceptors (Lipinski definition) is 1. The zero-order valence-corrected chi connectivity index (χ0v) is 8.73. The molecule has 0 unspecified atom stereocenters. The van der Waals surface area contributed by atoms with Crippen molar-refractivity contribution in [3.05, 3.63) is 35.9 Å². The normalized spacial score (nSPS) is 28.8. The van der Waals surface area contributed by atoms with E-state index in [-0.39, 0.29) is 0 Å². The summed E-state index contributed by atoms with van der Waals surface area (Å²) in [6.45, 7) is 1.77. The molecule has 2 heterocycles. The van der Waals surface area contributed by atoms with Gasteiger partial charge in [0, 0.05) is 19.0 Å². The van der Waals surface area contributed by atoms with E-state index in [1.807, 2.05) is 23.1 Å². The Morgan fingerprint density at radius 3 is 2.60 bits per heavy atom. The first-order valence-electron chi connectivity index (χ1n) is 5.65. The van der Waals surface area contributed by atoms with Crippen LogP contribution in [-0.2, 0) is 11.3 Å². The third-order valence-corrected chi connectivity index (χ3v) is 3.59. The molecule has 2 aliphatic heterocycles. The van der Waals surface area contributed by atoms with E-state index < -0.39 is 0 Å². The molecule has 2 nitrogen and oxygen atoms in total. The van der Waals surface area contributed by atoms with Gasteiger partial charge in [-0.1, -0.05) is 30.3 Å². The maximum absolute atomic E-state index is 11.9. The zero-order chi connectivity index (χ0) is 10.3. The molecule has 0 aromatic heterocycles. The Morgan fingerprint density at radius 2 is 1.93 bits per heavy atom. The minimum absolute atomic E-state index is 0.354. The highest BCUT2D eigenvalue weighted by molar-refractivity contribution is 5.81. The monoisotopic (exact) mass is 201 g/mol. The molecule has 1 aromatic rings. The number of benzene rings is 1. The van der Waals surface area contributed by atoms with E-state index in [2.05, 4.69) is 12.1 Å². The molecular weight excluding hydrogens is 186 g/mol. The predicted octanol–water partition coefficient (Wildman–Crippen LogP) is 2.06. The SMILES string of the molecule is O=C1C2CC(C2)CN1Cc1ccccc1. The quantitative estimate of drug-likeness (QED) is 0.717. The average molecular weight is 201 g/mol. The van der Waals surface area contributed by atoms with Gasteiger partial charge < -0.3 is 4.90 Å². The van der Waals surface area contributed by atoms with Crippen LogP contribution in [0.2, 0.25) is 0 Å². The number of carbonyl (C=O) groups excluding carboxylic acids is 1. The second kappa shape index (κ2) is 3.37. The maximum Gasteiger partial charge on any atom is 0.226 e. The van der Waals surface area contributed by atoms with Gasteiger partial charge in [-0.3, -0.25) is 4.79 Å². The van der Waals surface area contributed by atoms with Crippen molar-refractivity contribution in [2.24, 2.45) is 11.8 Å². The molecule has 2 saturated heterocycles. The van der Waals surface area contributed by atoms with Gasteiger partial charge in [0.2, 0.25) is 5.91 Å². The van der Waals surface area contributed by atoms with Gasteiger partial charge in [0.05, 0.1) is 0 Å². The molecule has 78 valence electrons. The third kappa shape index (κ3) is 1.54. The fourth-order valence-corrected chi connectivity index (χ4v) is 2.69. The van der Waals surface area contributed by atoms with Gasteiger partial charge in [-0.25, -0.2) is 0 Å². The minimum Gasteiger partial charge on any atom is -0.338 e. The van der Waals surface area contributed by atoms with Gasteiger partial charge in [-0.05, 0) is 24.3 Å². The van der Waals surface area contributed by atoms with E-state index in [1.54, 1.807) is 0 Å². The third-order valence-electron chi connectivity index (χ3n) is 3.59. The van der Waals surface area contributed by atoms with Crippen molar-refractivity contribution in [1.82, 2.24) is 4.90 Å². The number of fused-ring (bicyclic) bond motifs is 2. The summed E-state index contributed by atoms with van der Waals surface area (Å²) >= 11 is 0. The highest BCUT2D eigenvalue weighted by Crippen LogP contribution is 2.40. The largest absolute Gasteiger partial charge is 0.338 e. The molecule has 0 atom stereocenters. The molecule has 0 radical (unpaired) electrons. The first-order valence-corrected chi connectivity index (χ1v) is 5.65. The number of hydrogen-bond donors (Lipinski definition) is 0. The summed E-state index contributed by atoms with van der Waals surface area (Å²) < 4.78 is 0. The molecule has 3 aliphatic rings. The molecule has 15 heavy (non-hydrogen) atoms. The minimum atomic E-state index is 0.354. The molecule has 1 aromatic carbocycles. The highest BCUT2D eigenvalue weighted by Gasteiger charge is 2.43. The molecule has 4 rings (SSSR count). The molecule has 2 bridgehead atoms. The summed E-state index contributed by atoms with van der Waals surface area (Å²) in [7, 11) is 0. The van der Waals surface area contributed by atoms with Crippen molar-refractivity contribution in [3.63, 3.8) is 0 Å². The predicted molar refractivity (Wildman–Crippen MR) is 58.1 cm³/mol. The van der Waals surface area contributed by atoms with E-state index in [0.717, 1.165) is 31.8 Å². The first kappa shape index (κ1) is 8.96. The number of piperidine rings is 2. The lowest BCUT2D eigenvalue weighted by Gasteiger charge is -2.46. The molecule has 1 saturated carbocycles. The number of amides is 1. The van der Waals surface area contributed by atoms with Crippen molar-refractivity contribution in [3.8, 4) is 0 Å². The van der Waals surface area contributed by atoms with E-state index in [1.165, 1.54) is 5.56 Å². The number of rotatable bonds is 2. The summed E-state index contributed by atoms with van der Waals surface area (Å²) in [5.41, 5.74) is 1.24. The highest BCUT2D eigenvalue weighted by atomic mass is 16.2. The first-order chi connectivity index (χ1) is 7.33. The lowest BCUT2D eigenvalue weighted by Crippen LogP contribution is -2.52. The average Bonchev–Trinajstić information content (AvgIpc) is 2.20. The zero-order valence-electron chi connectivity index (χ0n) is 8.73. The summed E-state index contributed by atoms with van der Waals surface area (Å²) in [4.78, 5) is 13.9. The van der Waals surface area contributed by atoms with Crippen LogP contribution in [0.3, 0.4) is 0 Å². The van der Waals surface area contributed by atoms with Crippen LogP contribution in [0.4, 0.5) is 0 Å². The van der Waals surface area contributed by atoms with Crippen LogP contribution in [0, 0.1) is 11.8 Å². The van der Waals surface area contributed by atoms with Crippen LogP contribution >= 0.6 is 0 Å². The van der Waals surface area contributed by atoms with Crippen LogP contribution in [0.5, 0.6) is 0 Å². The van der Waals surface area contributed by atoms with Crippen LogP contribution in [0.15, 0.2) is 30.3 Å².